The highest BCUT2D eigenvalue weighted by atomic mass is 16.2. The van der Waals surface area contributed by atoms with Gasteiger partial charge in [0.05, 0.1) is 0 Å². The molecular weight excluding hydrogens is 248 g/mol. The summed E-state index contributed by atoms with van der Waals surface area (Å²) < 4.78 is 0. The van der Waals surface area contributed by atoms with E-state index in [0.29, 0.717) is 0 Å². The average Bonchev–Trinajstić information content (AvgIpc) is 2.77. The van der Waals surface area contributed by atoms with E-state index >= 15 is 0 Å². The SMILES string of the molecule is CCCCCN(C)CCCN1Cc2ccccc2C1=O. The summed E-state index contributed by atoms with van der Waals surface area (Å²) in [5.41, 5.74) is 2.07. The zero-order chi connectivity index (χ0) is 14.4. The molecular formula is C17H26N2O. The van der Waals surface area contributed by atoms with Crippen LogP contribution in [0.5, 0.6) is 0 Å². The monoisotopic (exact) mass is 274 g/mol. The van der Waals surface area contributed by atoms with E-state index in [1.807, 2.05) is 23.1 Å². The topological polar surface area (TPSA) is 23.6 Å². The van der Waals surface area contributed by atoms with Gasteiger partial charge in [-0.05, 0) is 44.6 Å². The highest BCUT2D eigenvalue weighted by Crippen LogP contribution is 2.22. The lowest BCUT2D eigenvalue weighted by Crippen LogP contribution is -2.29. The Morgan fingerprint density at radius 2 is 1.90 bits per heavy atom. The summed E-state index contributed by atoms with van der Waals surface area (Å²) in [6.45, 7) is 6.13. The summed E-state index contributed by atoms with van der Waals surface area (Å²) in [6.07, 6.45) is 4.92. The van der Waals surface area contributed by atoms with Crippen molar-refractivity contribution >= 4 is 5.91 Å². The molecule has 0 aliphatic carbocycles. The largest absolute Gasteiger partial charge is 0.334 e. The fourth-order valence-corrected chi connectivity index (χ4v) is 2.77. The number of carbonyl (C=O) groups is 1. The number of hydrogen-bond acceptors (Lipinski definition) is 2. The Morgan fingerprint density at radius 1 is 1.15 bits per heavy atom. The lowest BCUT2D eigenvalue weighted by Gasteiger charge is -2.19. The van der Waals surface area contributed by atoms with Gasteiger partial charge in [-0.25, -0.2) is 0 Å². The first-order valence-electron chi connectivity index (χ1n) is 7.78. The van der Waals surface area contributed by atoms with Crippen LogP contribution in [0.1, 0.15) is 48.5 Å². The Bertz CT molecular complexity index is 444. The molecule has 1 aliphatic heterocycles. The van der Waals surface area contributed by atoms with Gasteiger partial charge in [-0.1, -0.05) is 38.0 Å². The van der Waals surface area contributed by atoms with Crippen molar-refractivity contribution < 1.29 is 4.79 Å². The van der Waals surface area contributed by atoms with E-state index in [4.69, 9.17) is 0 Å². The van der Waals surface area contributed by atoms with E-state index in [1.54, 1.807) is 0 Å². The standard InChI is InChI=1S/C17H26N2O/c1-3-4-7-11-18(2)12-8-13-19-14-15-9-5-6-10-16(15)17(19)20/h5-6,9-10H,3-4,7-8,11-14H2,1-2H3. The summed E-state index contributed by atoms with van der Waals surface area (Å²) in [5, 5.41) is 0. The number of fused-ring (bicyclic) bond motifs is 1. The van der Waals surface area contributed by atoms with Crippen LogP contribution in [0.4, 0.5) is 0 Å². The molecule has 0 bridgehead atoms. The van der Waals surface area contributed by atoms with E-state index in [1.165, 1.54) is 31.4 Å². The molecule has 1 amide bonds. The predicted octanol–water partition coefficient (Wildman–Crippen LogP) is 3.15. The molecule has 0 spiro atoms. The van der Waals surface area contributed by atoms with E-state index < -0.39 is 0 Å². The van der Waals surface area contributed by atoms with Crippen molar-refractivity contribution in [3.05, 3.63) is 35.4 Å². The molecule has 1 heterocycles. The van der Waals surface area contributed by atoms with Crippen molar-refractivity contribution in [2.75, 3.05) is 26.7 Å². The van der Waals surface area contributed by atoms with Crippen LogP contribution in [0.15, 0.2) is 24.3 Å². The van der Waals surface area contributed by atoms with Gasteiger partial charge >= 0.3 is 0 Å². The van der Waals surface area contributed by atoms with E-state index in [-0.39, 0.29) is 5.91 Å². The van der Waals surface area contributed by atoms with E-state index in [0.717, 1.165) is 31.6 Å². The lowest BCUT2D eigenvalue weighted by molar-refractivity contribution is 0.0772. The first-order chi connectivity index (χ1) is 9.72. The molecule has 2 rings (SSSR count). The van der Waals surface area contributed by atoms with Crippen LogP contribution in [-0.2, 0) is 6.54 Å². The maximum absolute atomic E-state index is 12.2. The van der Waals surface area contributed by atoms with Crippen LogP contribution in [0.3, 0.4) is 0 Å². The fourth-order valence-electron chi connectivity index (χ4n) is 2.77. The minimum Gasteiger partial charge on any atom is -0.334 e. The summed E-state index contributed by atoms with van der Waals surface area (Å²) in [4.78, 5) is 16.6. The molecule has 0 radical (unpaired) electrons. The molecule has 3 heteroatoms. The summed E-state index contributed by atoms with van der Waals surface area (Å²) in [6, 6.07) is 7.96. The first kappa shape index (κ1) is 15.0. The van der Waals surface area contributed by atoms with Crippen molar-refractivity contribution in [3.8, 4) is 0 Å². The minimum atomic E-state index is 0.203. The molecule has 0 N–H and O–H groups in total. The molecule has 0 saturated carbocycles. The van der Waals surface area contributed by atoms with Gasteiger partial charge in [0.25, 0.3) is 5.91 Å². The van der Waals surface area contributed by atoms with Gasteiger partial charge in [0.1, 0.15) is 0 Å². The zero-order valence-corrected chi connectivity index (χ0v) is 12.8. The molecule has 0 atom stereocenters. The Kier molecular flexibility index (Phi) is 5.60. The Morgan fingerprint density at radius 3 is 2.65 bits per heavy atom. The van der Waals surface area contributed by atoms with Crippen LogP contribution >= 0.6 is 0 Å². The minimum absolute atomic E-state index is 0.203. The third kappa shape index (κ3) is 3.83. The number of benzene rings is 1. The third-order valence-corrected chi connectivity index (χ3v) is 4.01. The highest BCUT2D eigenvalue weighted by Gasteiger charge is 2.25. The van der Waals surface area contributed by atoms with Crippen LogP contribution in [0.25, 0.3) is 0 Å². The van der Waals surface area contributed by atoms with Crippen LogP contribution in [0.2, 0.25) is 0 Å². The summed E-state index contributed by atoms with van der Waals surface area (Å²) in [7, 11) is 2.18. The molecule has 1 aromatic carbocycles. The Hall–Kier alpha value is -1.35. The molecule has 110 valence electrons. The van der Waals surface area contributed by atoms with Crippen molar-refractivity contribution in [1.82, 2.24) is 9.80 Å². The van der Waals surface area contributed by atoms with Crippen LogP contribution < -0.4 is 0 Å². The van der Waals surface area contributed by atoms with Gasteiger partial charge in [0.15, 0.2) is 0 Å². The first-order valence-corrected chi connectivity index (χ1v) is 7.78. The Balaban J connectivity index is 1.70. The molecule has 3 nitrogen and oxygen atoms in total. The second-order valence-corrected chi connectivity index (χ2v) is 5.75. The van der Waals surface area contributed by atoms with Crippen molar-refractivity contribution in [2.24, 2.45) is 0 Å². The van der Waals surface area contributed by atoms with Gasteiger partial charge in [-0.3, -0.25) is 4.79 Å². The highest BCUT2D eigenvalue weighted by molar-refractivity contribution is 5.98. The number of nitrogens with zero attached hydrogens (tertiary/aromatic N) is 2. The quantitative estimate of drug-likeness (QED) is 0.680. The third-order valence-electron chi connectivity index (χ3n) is 4.01. The zero-order valence-electron chi connectivity index (χ0n) is 12.8. The Labute approximate surface area is 122 Å². The molecule has 1 aliphatic rings. The van der Waals surface area contributed by atoms with E-state index in [2.05, 4.69) is 24.9 Å². The van der Waals surface area contributed by atoms with Gasteiger partial charge in [-0.15, -0.1) is 0 Å². The number of hydrogen-bond donors (Lipinski definition) is 0. The molecule has 0 saturated heterocycles. The van der Waals surface area contributed by atoms with Gasteiger partial charge < -0.3 is 9.80 Å². The molecule has 0 unspecified atom stereocenters. The number of amides is 1. The summed E-state index contributed by atoms with van der Waals surface area (Å²) in [5.74, 6) is 0.203. The average molecular weight is 274 g/mol. The van der Waals surface area contributed by atoms with Gasteiger partial charge in [0.2, 0.25) is 0 Å². The molecule has 1 aromatic rings. The number of unbranched alkanes of at least 4 members (excludes halogenated alkanes) is 2. The van der Waals surface area contributed by atoms with Gasteiger partial charge in [-0.2, -0.15) is 0 Å². The fraction of sp³-hybridized carbons (Fsp3) is 0.588. The number of carbonyl (C=O) groups excluding carboxylic acids is 1. The van der Waals surface area contributed by atoms with E-state index in [9.17, 15) is 4.79 Å². The van der Waals surface area contributed by atoms with Crippen molar-refractivity contribution in [2.45, 2.75) is 39.2 Å². The number of rotatable bonds is 8. The second kappa shape index (κ2) is 7.44. The molecule has 0 fully saturated rings. The second-order valence-electron chi connectivity index (χ2n) is 5.75. The van der Waals surface area contributed by atoms with Gasteiger partial charge in [0, 0.05) is 18.7 Å². The predicted molar refractivity (Wildman–Crippen MR) is 82.8 cm³/mol. The van der Waals surface area contributed by atoms with Crippen LogP contribution in [0, 0.1) is 0 Å². The maximum atomic E-state index is 12.2. The summed E-state index contributed by atoms with van der Waals surface area (Å²) >= 11 is 0. The molecule has 20 heavy (non-hydrogen) atoms. The maximum Gasteiger partial charge on any atom is 0.254 e. The normalized spacial score (nSPS) is 14.2. The molecule has 0 aromatic heterocycles. The lowest BCUT2D eigenvalue weighted by atomic mass is 10.1. The van der Waals surface area contributed by atoms with Crippen molar-refractivity contribution in [1.29, 1.82) is 0 Å². The smallest absolute Gasteiger partial charge is 0.254 e. The van der Waals surface area contributed by atoms with Crippen LogP contribution in [-0.4, -0.2) is 42.4 Å². The van der Waals surface area contributed by atoms with Crippen molar-refractivity contribution in [3.63, 3.8) is 0 Å².